The van der Waals surface area contributed by atoms with Gasteiger partial charge in [0.1, 0.15) is 0 Å². The molecular weight excluding hydrogens is 204 g/mol. The van der Waals surface area contributed by atoms with Crippen molar-refractivity contribution in [2.75, 3.05) is 12.9 Å². The molecule has 0 aliphatic carbocycles. The van der Waals surface area contributed by atoms with Crippen LogP contribution in [0.5, 0.6) is 0 Å². The van der Waals surface area contributed by atoms with E-state index >= 15 is 0 Å². The SMILES string of the molecule is COC(=O)/C=C/S(=O)(=O)CCC(C)C. The van der Waals surface area contributed by atoms with E-state index in [9.17, 15) is 13.2 Å². The summed E-state index contributed by atoms with van der Waals surface area (Å²) in [5.41, 5.74) is 0. The highest BCUT2D eigenvalue weighted by Gasteiger charge is 2.08. The Morgan fingerprint density at radius 2 is 2.00 bits per heavy atom. The molecule has 0 bridgehead atoms. The summed E-state index contributed by atoms with van der Waals surface area (Å²) in [4.78, 5) is 10.6. The summed E-state index contributed by atoms with van der Waals surface area (Å²) in [7, 11) is -2.06. The normalized spacial score (nSPS) is 12.3. The van der Waals surface area contributed by atoms with Crippen LogP contribution < -0.4 is 0 Å². The second-order valence-corrected chi connectivity index (χ2v) is 5.38. The van der Waals surface area contributed by atoms with Gasteiger partial charge < -0.3 is 4.74 Å². The molecule has 0 rings (SSSR count). The van der Waals surface area contributed by atoms with Crippen molar-refractivity contribution in [3.8, 4) is 0 Å². The molecule has 0 aromatic rings. The number of sulfone groups is 1. The summed E-state index contributed by atoms with van der Waals surface area (Å²) in [6, 6.07) is 0. The van der Waals surface area contributed by atoms with Crippen molar-refractivity contribution in [2.45, 2.75) is 20.3 Å². The molecule has 82 valence electrons. The number of hydrogen-bond donors (Lipinski definition) is 0. The highest BCUT2D eigenvalue weighted by molar-refractivity contribution is 7.94. The fraction of sp³-hybridized carbons (Fsp3) is 0.667. The Hall–Kier alpha value is -0.840. The Labute approximate surface area is 84.9 Å². The molecule has 0 saturated heterocycles. The fourth-order valence-corrected chi connectivity index (χ4v) is 1.95. The second kappa shape index (κ2) is 5.80. The predicted octanol–water partition coefficient (Wildman–Crippen LogP) is 1.13. The monoisotopic (exact) mass is 220 g/mol. The van der Waals surface area contributed by atoms with Crippen LogP contribution in [-0.2, 0) is 19.4 Å². The van der Waals surface area contributed by atoms with Crippen LogP contribution in [0, 0.1) is 5.92 Å². The first-order valence-electron chi connectivity index (χ1n) is 4.36. The second-order valence-electron chi connectivity index (χ2n) is 3.38. The molecule has 0 heterocycles. The van der Waals surface area contributed by atoms with Gasteiger partial charge in [-0.05, 0) is 12.3 Å². The van der Waals surface area contributed by atoms with Crippen molar-refractivity contribution in [1.82, 2.24) is 0 Å². The van der Waals surface area contributed by atoms with E-state index in [1.807, 2.05) is 13.8 Å². The van der Waals surface area contributed by atoms with E-state index in [0.717, 1.165) is 11.5 Å². The van der Waals surface area contributed by atoms with Crippen molar-refractivity contribution >= 4 is 15.8 Å². The third-order valence-electron chi connectivity index (χ3n) is 1.59. The van der Waals surface area contributed by atoms with E-state index in [0.29, 0.717) is 12.3 Å². The summed E-state index contributed by atoms with van der Waals surface area (Å²) in [6.07, 6.45) is 1.52. The Balaban J connectivity index is 4.21. The highest BCUT2D eigenvalue weighted by Crippen LogP contribution is 2.04. The third kappa shape index (κ3) is 6.65. The Bertz CT molecular complexity index is 301. The van der Waals surface area contributed by atoms with Gasteiger partial charge in [-0.25, -0.2) is 13.2 Å². The summed E-state index contributed by atoms with van der Waals surface area (Å²) in [6.45, 7) is 3.89. The van der Waals surface area contributed by atoms with Gasteiger partial charge in [-0.15, -0.1) is 0 Å². The molecule has 0 radical (unpaired) electrons. The van der Waals surface area contributed by atoms with E-state index < -0.39 is 15.8 Å². The molecule has 0 unspecified atom stereocenters. The van der Waals surface area contributed by atoms with Gasteiger partial charge in [0.2, 0.25) is 0 Å². The summed E-state index contributed by atoms with van der Waals surface area (Å²) < 4.78 is 26.8. The minimum atomic E-state index is -3.26. The van der Waals surface area contributed by atoms with Crippen LogP contribution in [0.4, 0.5) is 0 Å². The van der Waals surface area contributed by atoms with Gasteiger partial charge in [-0.1, -0.05) is 13.8 Å². The number of methoxy groups -OCH3 is 1. The lowest BCUT2D eigenvalue weighted by Gasteiger charge is -2.01. The fourth-order valence-electron chi connectivity index (χ4n) is 0.695. The minimum absolute atomic E-state index is 0.0676. The van der Waals surface area contributed by atoms with Gasteiger partial charge in [-0.3, -0.25) is 0 Å². The molecule has 0 aromatic heterocycles. The quantitative estimate of drug-likeness (QED) is 0.515. The van der Waals surface area contributed by atoms with Gasteiger partial charge in [0.25, 0.3) is 0 Å². The smallest absolute Gasteiger partial charge is 0.331 e. The van der Waals surface area contributed by atoms with Crippen molar-refractivity contribution < 1.29 is 17.9 Å². The van der Waals surface area contributed by atoms with Crippen LogP contribution in [0.1, 0.15) is 20.3 Å². The van der Waals surface area contributed by atoms with Crippen LogP contribution in [0.25, 0.3) is 0 Å². The number of rotatable bonds is 5. The topological polar surface area (TPSA) is 60.4 Å². The van der Waals surface area contributed by atoms with E-state index in [2.05, 4.69) is 4.74 Å². The van der Waals surface area contributed by atoms with E-state index in [4.69, 9.17) is 0 Å². The average molecular weight is 220 g/mol. The molecule has 0 aromatic carbocycles. The van der Waals surface area contributed by atoms with Crippen LogP contribution in [0.2, 0.25) is 0 Å². The van der Waals surface area contributed by atoms with Crippen LogP contribution in [0.15, 0.2) is 11.5 Å². The molecule has 14 heavy (non-hydrogen) atoms. The Morgan fingerprint density at radius 3 is 2.43 bits per heavy atom. The molecule has 0 fully saturated rings. The molecule has 0 aliphatic rings. The molecule has 0 aliphatic heterocycles. The maximum absolute atomic E-state index is 11.3. The zero-order valence-corrected chi connectivity index (χ0v) is 9.50. The molecule has 0 amide bonds. The van der Waals surface area contributed by atoms with Crippen molar-refractivity contribution in [1.29, 1.82) is 0 Å². The lowest BCUT2D eigenvalue weighted by Crippen LogP contribution is -2.06. The van der Waals surface area contributed by atoms with Crippen LogP contribution in [-0.4, -0.2) is 27.2 Å². The largest absolute Gasteiger partial charge is 0.466 e. The number of ether oxygens (including phenoxy) is 1. The van der Waals surface area contributed by atoms with Gasteiger partial charge >= 0.3 is 5.97 Å². The van der Waals surface area contributed by atoms with Crippen LogP contribution >= 0.6 is 0 Å². The number of esters is 1. The van der Waals surface area contributed by atoms with Gasteiger partial charge in [0.15, 0.2) is 9.84 Å². The molecule has 0 saturated carbocycles. The lowest BCUT2D eigenvalue weighted by molar-refractivity contribution is -0.134. The Morgan fingerprint density at radius 1 is 1.43 bits per heavy atom. The average Bonchev–Trinajstić information content (AvgIpc) is 2.11. The van der Waals surface area contributed by atoms with Gasteiger partial charge in [0.05, 0.1) is 12.9 Å². The standard InChI is InChI=1S/C9H16O4S/c1-8(2)4-6-14(11,12)7-5-9(10)13-3/h5,7-8H,4,6H2,1-3H3/b7-5+. The van der Waals surface area contributed by atoms with Crippen molar-refractivity contribution in [3.63, 3.8) is 0 Å². The third-order valence-corrected chi connectivity index (χ3v) is 2.95. The van der Waals surface area contributed by atoms with E-state index in [1.165, 1.54) is 7.11 Å². The van der Waals surface area contributed by atoms with E-state index in [1.54, 1.807) is 0 Å². The highest BCUT2D eigenvalue weighted by atomic mass is 32.2. The molecule has 0 atom stereocenters. The molecule has 0 spiro atoms. The summed E-state index contributed by atoms with van der Waals surface area (Å²) in [5.74, 6) is -0.257. The first-order valence-corrected chi connectivity index (χ1v) is 6.07. The molecule has 0 N–H and O–H groups in total. The molecular formula is C9H16O4S. The number of hydrogen-bond acceptors (Lipinski definition) is 4. The first kappa shape index (κ1) is 13.2. The van der Waals surface area contributed by atoms with Gasteiger partial charge in [0, 0.05) is 11.5 Å². The van der Waals surface area contributed by atoms with E-state index in [-0.39, 0.29) is 5.75 Å². The minimum Gasteiger partial charge on any atom is -0.466 e. The zero-order valence-electron chi connectivity index (χ0n) is 8.69. The maximum atomic E-state index is 11.3. The van der Waals surface area contributed by atoms with Crippen molar-refractivity contribution in [3.05, 3.63) is 11.5 Å². The maximum Gasteiger partial charge on any atom is 0.331 e. The molecule has 5 heteroatoms. The molecule has 4 nitrogen and oxygen atoms in total. The predicted molar refractivity (Wildman–Crippen MR) is 54.4 cm³/mol. The van der Waals surface area contributed by atoms with Crippen molar-refractivity contribution in [2.24, 2.45) is 5.92 Å². The lowest BCUT2D eigenvalue weighted by atomic mass is 10.2. The zero-order chi connectivity index (χ0) is 11.2. The van der Waals surface area contributed by atoms with Gasteiger partial charge in [-0.2, -0.15) is 0 Å². The van der Waals surface area contributed by atoms with Crippen LogP contribution in [0.3, 0.4) is 0 Å². The first-order chi connectivity index (χ1) is 6.37. The number of carbonyl (C=O) groups is 1. The summed E-state index contributed by atoms with van der Waals surface area (Å²) in [5, 5.41) is 0.904. The number of carbonyl (C=O) groups excluding carboxylic acids is 1. The summed E-state index contributed by atoms with van der Waals surface area (Å²) >= 11 is 0. The Kier molecular flexibility index (Phi) is 5.45.